The first-order chi connectivity index (χ1) is 15.8. The Morgan fingerprint density at radius 2 is 1.64 bits per heavy atom. The summed E-state index contributed by atoms with van der Waals surface area (Å²) in [5.41, 5.74) is 3.73. The van der Waals surface area contributed by atoms with Crippen LogP contribution in [0.1, 0.15) is 43.0 Å². The molecule has 0 saturated heterocycles. The molecule has 0 aromatic heterocycles. The van der Waals surface area contributed by atoms with Crippen molar-refractivity contribution in [1.29, 1.82) is 0 Å². The van der Waals surface area contributed by atoms with Crippen LogP contribution < -0.4 is 4.74 Å². The van der Waals surface area contributed by atoms with Crippen LogP contribution in [0.15, 0.2) is 89.4 Å². The Morgan fingerprint density at radius 3 is 2.39 bits per heavy atom. The Hall–Kier alpha value is -3.11. The summed E-state index contributed by atoms with van der Waals surface area (Å²) in [6.07, 6.45) is 8.19. The largest absolute Gasteiger partial charge is 0.488 e. The van der Waals surface area contributed by atoms with Crippen molar-refractivity contribution in [3.8, 4) is 5.75 Å². The number of rotatable bonds is 8. The van der Waals surface area contributed by atoms with Gasteiger partial charge in [0.1, 0.15) is 18.0 Å². The van der Waals surface area contributed by atoms with Crippen molar-refractivity contribution in [2.45, 2.75) is 39.4 Å². The number of ether oxygens (including phenoxy) is 2. The minimum absolute atomic E-state index is 0.351. The fraction of sp³-hybridized carbons (Fsp3) is 0.207. The van der Waals surface area contributed by atoms with Crippen molar-refractivity contribution in [3.63, 3.8) is 0 Å². The van der Waals surface area contributed by atoms with Crippen LogP contribution in [-0.4, -0.2) is 11.6 Å². The van der Waals surface area contributed by atoms with Crippen LogP contribution in [0.2, 0.25) is 0 Å². The number of hydrogen-bond donors (Lipinski definition) is 0. The van der Waals surface area contributed by atoms with Crippen LogP contribution in [-0.2, 0) is 22.6 Å². The molecule has 0 bridgehead atoms. The van der Waals surface area contributed by atoms with E-state index in [0.29, 0.717) is 6.61 Å². The van der Waals surface area contributed by atoms with Crippen LogP contribution >= 0.6 is 15.9 Å². The van der Waals surface area contributed by atoms with Crippen molar-refractivity contribution >= 4 is 34.1 Å². The van der Waals surface area contributed by atoms with E-state index in [0.717, 1.165) is 38.9 Å². The summed E-state index contributed by atoms with van der Waals surface area (Å²) in [7, 11) is 0. The molecule has 0 radical (unpaired) electrons. The lowest BCUT2D eigenvalue weighted by molar-refractivity contribution is -0.148. The van der Waals surface area contributed by atoms with Crippen LogP contribution in [0, 0.1) is 0 Å². The lowest BCUT2D eigenvalue weighted by Gasteiger charge is -2.17. The van der Waals surface area contributed by atoms with E-state index < -0.39 is 5.60 Å². The van der Waals surface area contributed by atoms with Gasteiger partial charge in [-0.1, -0.05) is 82.7 Å². The number of esters is 1. The molecule has 0 amide bonds. The van der Waals surface area contributed by atoms with Gasteiger partial charge in [-0.15, -0.1) is 0 Å². The number of benzene rings is 3. The highest BCUT2D eigenvalue weighted by molar-refractivity contribution is 9.10. The molecule has 0 spiro atoms. The zero-order chi connectivity index (χ0) is 23.7. The molecule has 4 heteroatoms. The van der Waals surface area contributed by atoms with E-state index in [1.165, 1.54) is 6.08 Å². The molecule has 3 rings (SSSR count). The van der Waals surface area contributed by atoms with Gasteiger partial charge in [-0.25, -0.2) is 4.79 Å². The topological polar surface area (TPSA) is 35.5 Å². The molecule has 3 aromatic rings. The van der Waals surface area contributed by atoms with Gasteiger partial charge in [-0.2, -0.15) is 0 Å². The summed E-state index contributed by atoms with van der Waals surface area (Å²) in [5.74, 6) is 0.504. The quantitative estimate of drug-likeness (QED) is 0.233. The SMILES string of the molecule is CC(C)(C)OC(=O)/C=C/c1cc(Br)cc(C/C=C/c2ccccc2OCc2ccccc2)c1. The average molecular weight is 505 g/mol. The summed E-state index contributed by atoms with van der Waals surface area (Å²) < 4.78 is 12.3. The molecule has 0 aliphatic carbocycles. The Bertz CT molecular complexity index is 1130. The zero-order valence-corrected chi connectivity index (χ0v) is 20.8. The monoisotopic (exact) mass is 504 g/mol. The van der Waals surface area contributed by atoms with Crippen molar-refractivity contribution in [3.05, 3.63) is 112 Å². The maximum Gasteiger partial charge on any atom is 0.331 e. The van der Waals surface area contributed by atoms with Crippen molar-refractivity contribution in [1.82, 2.24) is 0 Å². The molecule has 170 valence electrons. The minimum atomic E-state index is -0.504. The van der Waals surface area contributed by atoms with Gasteiger partial charge in [-0.3, -0.25) is 0 Å². The van der Waals surface area contributed by atoms with E-state index in [2.05, 4.69) is 52.3 Å². The molecule has 0 saturated carbocycles. The van der Waals surface area contributed by atoms with Crippen molar-refractivity contribution < 1.29 is 14.3 Å². The fourth-order valence-corrected chi connectivity index (χ4v) is 3.75. The van der Waals surface area contributed by atoms with Gasteiger partial charge in [0.2, 0.25) is 0 Å². The average Bonchev–Trinajstić information content (AvgIpc) is 2.76. The molecule has 0 fully saturated rings. The van der Waals surface area contributed by atoms with Gasteiger partial charge in [0.15, 0.2) is 0 Å². The summed E-state index contributed by atoms with van der Waals surface area (Å²) in [6.45, 7) is 6.10. The predicted octanol–water partition coefficient (Wildman–Crippen LogP) is 7.64. The zero-order valence-electron chi connectivity index (χ0n) is 19.3. The van der Waals surface area contributed by atoms with E-state index in [-0.39, 0.29) is 5.97 Å². The van der Waals surface area contributed by atoms with Gasteiger partial charge < -0.3 is 9.47 Å². The lowest BCUT2D eigenvalue weighted by atomic mass is 10.1. The Balaban J connectivity index is 1.65. The number of carbonyl (C=O) groups is 1. The first kappa shape index (κ1) is 24.5. The normalized spacial score (nSPS) is 11.8. The highest BCUT2D eigenvalue weighted by atomic mass is 79.9. The van der Waals surface area contributed by atoms with Crippen LogP contribution in [0.4, 0.5) is 0 Å². The second kappa shape index (κ2) is 11.7. The molecule has 3 nitrogen and oxygen atoms in total. The van der Waals surface area contributed by atoms with Crippen LogP contribution in [0.5, 0.6) is 5.75 Å². The first-order valence-corrected chi connectivity index (χ1v) is 11.7. The van der Waals surface area contributed by atoms with Gasteiger partial charge in [0, 0.05) is 16.1 Å². The molecule has 33 heavy (non-hydrogen) atoms. The smallest absolute Gasteiger partial charge is 0.331 e. The molecule has 0 unspecified atom stereocenters. The molecule has 0 aliphatic rings. The number of carbonyl (C=O) groups excluding carboxylic acids is 1. The Kier molecular flexibility index (Phi) is 8.67. The van der Waals surface area contributed by atoms with Gasteiger partial charge in [0.05, 0.1) is 0 Å². The molecule has 0 aliphatic heterocycles. The molecular formula is C29H29BrO3. The number of hydrogen-bond acceptors (Lipinski definition) is 3. The molecule has 0 heterocycles. The standard InChI is InChI=1S/C29H29BrO3/c1-29(2,3)33-28(31)17-16-24-18-23(19-26(30)20-24)12-9-14-25-13-7-8-15-27(25)32-21-22-10-5-4-6-11-22/h4-11,13-20H,12,21H2,1-3H3/b14-9+,17-16+. The molecule has 3 aromatic carbocycles. The second-order valence-electron chi connectivity index (χ2n) is 8.68. The Labute approximate surface area is 204 Å². The minimum Gasteiger partial charge on any atom is -0.488 e. The first-order valence-electron chi connectivity index (χ1n) is 10.9. The van der Waals surface area contributed by atoms with Crippen molar-refractivity contribution in [2.75, 3.05) is 0 Å². The van der Waals surface area contributed by atoms with E-state index in [1.807, 2.05) is 69.3 Å². The number of allylic oxidation sites excluding steroid dienone is 1. The third-order valence-electron chi connectivity index (χ3n) is 4.61. The van der Waals surface area contributed by atoms with Gasteiger partial charge in [-0.05, 0) is 68.2 Å². The summed E-state index contributed by atoms with van der Waals surface area (Å²) >= 11 is 3.57. The third-order valence-corrected chi connectivity index (χ3v) is 5.06. The van der Waals surface area contributed by atoms with E-state index in [1.54, 1.807) is 6.08 Å². The maximum absolute atomic E-state index is 12.0. The molecular weight excluding hydrogens is 476 g/mol. The third kappa shape index (κ3) is 8.74. The summed E-state index contributed by atoms with van der Waals surface area (Å²) in [5, 5.41) is 0. The van der Waals surface area contributed by atoms with Crippen molar-refractivity contribution in [2.24, 2.45) is 0 Å². The van der Waals surface area contributed by atoms with Gasteiger partial charge in [0.25, 0.3) is 0 Å². The van der Waals surface area contributed by atoms with Gasteiger partial charge >= 0.3 is 5.97 Å². The number of para-hydroxylation sites is 1. The lowest BCUT2D eigenvalue weighted by Crippen LogP contribution is -2.22. The maximum atomic E-state index is 12.0. The number of halogens is 1. The Morgan fingerprint density at radius 1 is 0.909 bits per heavy atom. The predicted molar refractivity (Wildman–Crippen MR) is 139 cm³/mol. The molecule has 0 atom stereocenters. The fourth-order valence-electron chi connectivity index (χ4n) is 3.20. The van der Waals surface area contributed by atoms with E-state index >= 15 is 0 Å². The molecule has 0 N–H and O–H groups in total. The summed E-state index contributed by atoms with van der Waals surface area (Å²) in [4.78, 5) is 12.0. The summed E-state index contributed by atoms with van der Waals surface area (Å²) in [6, 6.07) is 24.3. The van der Waals surface area contributed by atoms with E-state index in [4.69, 9.17) is 9.47 Å². The highest BCUT2D eigenvalue weighted by Crippen LogP contribution is 2.22. The second-order valence-corrected chi connectivity index (χ2v) is 9.59. The highest BCUT2D eigenvalue weighted by Gasteiger charge is 2.13. The van der Waals surface area contributed by atoms with E-state index in [9.17, 15) is 4.79 Å². The van der Waals surface area contributed by atoms with Crippen LogP contribution in [0.25, 0.3) is 12.2 Å². The van der Waals surface area contributed by atoms with Crippen LogP contribution in [0.3, 0.4) is 0 Å².